The van der Waals surface area contributed by atoms with Gasteiger partial charge in [0.15, 0.2) is 17.3 Å². The lowest BCUT2D eigenvalue weighted by Gasteiger charge is -2.22. The number of fused-ring (bicyclic) bond motifs is 2. The van der Waals surface area contributed by atoms with Crippen LogP contribution in [0.25, 0.3) is 0 Å². The van der Waals surface area contributed by atoms with Gasteiger partial charge in [-0.05, 0) is 12.1 Å². The zero-order chi connectivity index (χ0) is 14.1. The quantitative estimate of drug-likeness (QED) is 0.739. The van der Waals surface area contributed by atoms with E-state index in [1.54, 1.807) is 19.3 Å². The van der Waals surface area contributed by atoms with E-state index in [0.717, 1.165) is 0 Å². The standard InChI is InChI=1S/C13H14N4O3/c1-17-7-10-12(16-13(17)18)15-11-8(19-6-5-14)3-2-4-9(11)20-10/h2-4,7H,5-6,14H2,1H3,(H,15,16,18). The van der Waals surface area contributed by atoms with Gasteiger partial charge in [-0.3, -0.25) is 4.57 Å². The molecule has 3 rings (SSSR count). The van der Waals surface area contributed by atoms with Gasteiger partial charge in [0.1, 0.15) is 18.0 Å². The van der Waals surface area contributed by atoms with Gasteiger partial charge in [0.2, 0.25) is 0 Å². The number of aromatic nitrogens is 2. The minimum absolute atomic E-state index is 0.358. The fourth-order valence-corrected chi connectivity index (χ4v) is 1.93. The zero-order valence-corrected chi connectivity index (χ0v) is 10.9. The van der Waals surface area contributed by atoms with Gasteiger partial charge in [-0.15, -0.1) is 0 Å². The first-order valence-corrected chi connectivity index (χ1v) is 6.17. The molecule has 0 atom stereocenters. The van der Waals surface area contributed by atoms with E-state index in [1.807, 2.05) is 12.1 Å². The lowest BCUT2D eigenvalue weighted by Crippen LogP contribution is -2.22. The highest BCUT2D eigenvalue weighted by Crippen LogP contribution is 2.44. The van der Waals surface area contributed by atoms with E-state index in [4.69, 9.17) is 15.2 Å². The summed E-state index contributed by atoms with van der Waals surface area (Å²) in [5.41, 5.74) is 5.72. The van der Waals surface area contributed by atoms with E-state index in [-0.39, 0.29) is 5.69 Å². The lowest BCUT2D eigenvalue weighted by molar-refractivity contribution is 0.328. The van der Waals surface area contributed by atoms with Crippen LogP contribution in [0.5, 0.6) is 17.2 Å². The number of aryl methyl sites for hydroxylation is 1. The molecule has 0 amide bonds. The van der Waals surface area contributed by atoms with Crippen molar-refractivity contribution in [1.29, 1.82) is 0 Å². The second-order valence-corrected chi connectivity index (χ2v) is 4.34. The molecule has 0 radical (unpaired) electrons. The molecule has 0 unspecified atom stereocenters. The normalized spacial score (nSPS) is 11.9. The SMILES string of the molecule is Cn1cc2c(nc1=O)Nc1c(OCCN)cccc1O2. The first-order valence-electron chi connectivity index (χ1n) is 6.17. The van der Waals surface area contributed by atoms with Gasteiger partial charge < -0.3 is 20.5 Å². The maximum Gasteiger partial charge on any atom is 0.349 e. The number of hydrogen-bond donors (Lipinski definition) is 2. The highest BCUT2D eigenvalue weighted by molar-refractivity contribution is 5.77. The van der Waals surface area contributed by atoms with Crippen molar-refractivity contribution in [3.05, 3.63) is 34.9 Å². The van der Waals surface area contributed by atoms with E-state index in [2.05, 4.69) is 10.3 Å². The van der Waals surface area contributed by atoms with Crippen LogP contribution in [-0.4, -0.2) is 22.7 Å². The van der Waals surface area contributed by atoms with Crippen LogP contribution in [-0.2, 0) is 7.05 Å². The van der Waals surface area contributed by atoms with Crippen LogP contribution in [0.4, 0.5) is 11.5 Å². The molecule has 1 aromatic carbocycles. The number of nitrogens with two attached hydrogens (primary N) is 1. The minimum Gasteiger partial charge on any atom is -0.490 e. The summed E-state index contributed by atoms with van der Waals surface area (Å²) in [6.45, 7) is 0.814. The van der Waals surface area contributed by atoms with Crippen molar-refractivity contribution in [2.45, 2.75) is 0 Å². The maximum absolute atomic E-state index is 11.6. The van der Waals surface area contributed by atoms with Crippen LogP contribution in [0.2, 0.25) is 0 Å². The average molecular weight is 274 g/mol. The van der Waals surface area contributed by atoms with Gasteiger partial charge in [0.05, 0.1) is 6.20 Å². The van der Waals surface area contributed by atoms with Gasteiger partial charge in [-0.2, -0.15) is 4.98 Å². The molecule has 0 bridgehead atoms. The molecule has 2 heterocycles. The first kappa shape index (κ1) is 12.5. The van der Waals surface area contributed by atoms with Crippen molar-refractivity contribution in [3.63, 3.8) is 0 Å². The molecule has 20 heavy (non-hydrogen) atoms. The minimum atomic E-state index is -0.358. The molecule has 0 fully saturated rings. The summed E-state index contributed by atoms with van der Waals surface area (Å²) in [5, 5.41) is 3.07. The summed E-state index contributed by atoms with van der Waals surface area (Å²) >= 11 is 0. The van der Waals surface area contributed by atoms with Crippen LogP contribution in [0.3, 0.4) is 0 Å². The number of nitrogens with one attached hydrogen (secondary N) is 1. The average Bonchev–Trinajstić information content (AvgIpc) is 2.44. The van der Waals surface area contributed by atoms with Crippen LogP contribution >= 0.6 is 0 Å². The molecule has 7 nitrogen and oxygen atoms in total. The molecule has 1 aliphatic heterocycles. The van der Waals surface area contributed by atoms with Crippen LogP contribution in [0, 0.1) is 0 Å². The highest BCUT2D eigenvalue weighted by atomic mass is 16.5. The molecule has 0 aliphatic carbocycles. The maximum atomic E-state index is 11.6. The van der Waals surface area contributed by atoms with Crippen LogP contribution in [0.1, 0.15) is 0 Å². The zero-order valence-electron chi connectivity index (χ0n) is 10.9. The van der Waals surface area contributed by atoms with E-state index >= 15 is 0 Å². The van der Waals surface area contributed by atoms with Crippen molar-refractivity contribution < 1.29 is 9.47 Å². The molecule has 7 heteroatoms. The molecule has 0 saturated carbocycles. The number of hydrogen-bond acceptors (Lipinski definition) is 6. The molecule has 0 spiro atoms. The Labute approximate surface area is 115 Å². The Morgan fingerprint density at radius 2 is 2.30 bits per heavy atom. The highest BCUT2D eigenvalue weighted by Gasteiger charge is 2.22. The fourth-order valence-electron chi connectivity index (χ4n) is 1.93. The Bertz CT molecular complexity index is 711. The smallest absolute Gasteiger partial charge is 0.349 e. The summed E-state index contributed by atoms with van der Waals surface area (Å²) in [4.78, 5) is 15.5. The monoisotopic (exact) mass is 274 g/mol. The Kier molecular flexibility index (Phi) is 3.03. The van der Waals surface area contributed by atoms with Gasteiger partial charge in [-0.1, -0.05) is 6.07 Å². The van der Waals surface area contributed by atoms with E-state index < -0.39 is 0 Å². The third-order valence-corrected chi connectivity index (χ3v) is 2.88. The molecule has 0 saturated heterocycles. The summed E-state index contributed by atoms with van der Waals surface area (Å²) in [5.74, 6) is 2.11. The molecule has 1 aliphatic rings. The van der Waals surface area contributed by atoms with Gasteiger partial charge in [-0.25, -0.2) is 4.79 Å². The van der Waals surface area contributed by atoms with Crippen LogP contribution in [0.15, 0.2) is 29.2 Å². The number of para-hydroxylation sites is 1. The number of benzene rings is 1. The van der Waals surface area contributed by atoms with Gasteiger partial charge >= 0.3 is 5.69 Å². The second-order valence-electron chi connectivity index (χ2n) is 4.34. The largest absolute Gasteiger partial charge is 0.490 e. The third-order valence-electron chi connectivity index (χ3n) is 2.88. The summed E-state index contributed by atoms with van der Waals surface area (Å²) in [6.07, 6.45) is 1.59. The predicted octanol–water partition coefficient (Wildman–Crippen LogP) is 0.967. The van der Waals surface area contributed by atoms with Crippen molar-refractivity contribution in [2.75, 3.05) is 18.5 Å². The topological polar surface area (TPSA) is 91.4 Å². The molecule has 2 aromatic rings. The Balaban J connectivity index is 2.01. The Morgan fingerprint density at radius 1 is 1.45 bits per heavy atom. The second kappa shape index (κ2) is 4.86. The molecular formula is C13H14N4O3. The van der Waals surface area contributed by atoms with Crippen molar-refractivity contribution in [1.82, 2.24) is 9.55 Å². The summed E-state index contributed by atoms with van der Waals surface area (Å²) in [6, 6.07) is 5.44. The summed E-state index contributed by atoms with van der Waals surface area (Å²) < 4.78 is 12.6. The number of ether oxygens (including phenoxy) is 2. The Morgan fingerprint density at radius 3 is 3.10 bits per heavy atom. The van der Waals surface area contributed by atoms with E-state index in [1.165, 1.54) is 4.57 Å². The summed E-state index contributed by atoms with van der Waals surface area (Å²) in [7, 11) is 1.62. The molecule has 3 N–H and O–H groups in total. The van der Waals surface area contributed by atoms with Crippen molar-refractivity contribution >= 4 is 11.5 Å². The van der Waals surface area contributed by atoms with Gasteiger partial charge in [0.25, 0.3) is 0 Å². The van der Waals surface area contributed by atoms with Crippen molar-refractivity contribution in [3.8, 4) is 17.2 Å². The van der Waals surface area contributed by atoms with Crippen molar-refractivity contribution in [2.24, 2.45) is 12.8 Å². The number of nitrogens with zero attached hydrogens (tertiary/aromatic N) is 2. The molecule has 1 aromatic heterocycles. The van der Waals surface area contributed by atoms with E-state index in [9.17, 15) is 4.79 Å². The number of anilines is 2. The lowest BCUT2D eigenvalue weighted by atomic mass is 10.2. The Hall–Kier alpha value is -2.54. The molecule has 104 valence electrons. The number of rotatable bonds is 3. The first-order chi connectivity index (χ1) is 9.69. The fraction of sp³-hybridized carbons (Fsp3) is 0.231. The van der Waals surface area contributed by atoms with Crippen LogP contribution < -0.4 is 26.2 Å². The van der Waals surface area contributed by atoms with E-state index in [0.29, 0.717) is 41.9 Å². The third kappa shape index (κ3) is 2.08. The predicted molar refractivity (Wildman–Crippen MR) is 73.8 cm³/mol. The molecular weight excluding hydrogens is 260 g/mol. The van der Waals surface area contributed by atoms with Gasteiger partial charge in [0, 0.05) is 13.6 Å².